The fourth-order valence-corrected chi connectivity index (χ4v) is 4.55. The Hall–Kier alpha value is -3.38. The summed E-state index contributed by atoms with van der Waals surface area (Å²) in [5.74, 6) is -0.0277. The summed E-state index contributed by atoms with van der Waals surface area (Å²) < 4.78 is 1.71. The molecule has 7 heteroatoms. The topological polar surface area (TPSA) is 53.7 Å². The van der Waals surface area contributed by atoms with Crippen LogP contribution in [-0.2, 0) is 5.41 Å². The molecule has 4 aromatic rings. The number of hydrogen-bond donors (Lipinski definition) is 0. The van der Waals surface area contributed by atoms with E-state index in [0.717, 1.165) is 40.8 Å². The molecule has 1 fully saturated rings. The van der Waals surface area contributed by atoms with Gasteiger partial charge in [-0.25, -0.2) is 9.50 Å². The van der Waals surface area contributed by atoms with Gasteiger partial charge in [-0.1, -0.05) is 68.3 Å². The van der Waals surface area contributed by atoms with Gasteiger partial charge in [0, 0.05) is 53.9 Å². The molecule has 2 aromatic heterocycles. The molecule has 0 aliphatic carbocycles. The average molecular weight is 488 g/mol. The number of piperazine rings is 1. The molecule has 3 heterocycles. The number of benzene rings is 2. The summed E-state index contributed by atoms with van der Waals surface area (Å²) in [5.41, 5.74) is 6.01. The molecule has 2 aromatic carbocycles. The van der Waals surface area contributed by atoms with Crippen LogP contribution in [0.5, 0.6) is 0 Å². The van der Waals surface area contributed by atoms with Gasteiger partial charge >= 0.3 is 0 Å². The summed E-state index contributed by atoms with van der Waals surface area (Å²) in [6.45, 7) is 11.2. The Balaban J connectivity index is 1.48. The van der Waals surface area contributed by atoms with Crippen LogP contribution in [0.15, 0.2) is 60.7 Å². The number of amides is 1. The summed E-state index contributed by atoms with van der Waals surface area (Å²) in [6, 6.07) is 20.0. The van der Waals surface area contributed by atoms with Crippen molar-refractivity contribution in [3.8, 4) is 11.3 Å². The number of anilines is 1. The minimum absolute atomic E-state index is 0.0277. The molecule has 5 rings (SSSR count). The number of hydrogen-bond acceptors (Lipinski definition) is 4. The SMILES string of the molecule is Cc1ccc(-c2cc(C(=O)N3CCN(c4cccc(Cl)c4)CC3)n3nc(C(C)(C)C)cc3n2)cc1. The second-order valence-electron chi connectivity index (χ2n) is 10.2. The highest BCUT2D eigenvalue weighted by Crippen LogP contribution is 2.27. The minimum Gasteiger partial charge on any atom is -0.368 e. The summed E-state index contributed by atoms with van der Waals surface area (Å²) in [5, 5.41) is 5.52. The molecule has 1 aliphatic rings. The molecule has 0 radical (unpaired) electrons. The molecule has 180 valence electrons. The predicted octanol–water partition coefficient (Wildman–Crippen LogP) is 5.62. The predicted molar refractivity (Wildman–Crippen MR) is 141 cm³/mol. The second-order valence-corrected chi connectivity index (χ2v) is 10.6. The van der Waals surface area contributed by atoms with E-state index in [1.807, 2.05) is 47.4 Å². The molecular formula is C28H30ClN5O. The number of rotatable bonds is 3. The van der Waals surface area contributed by atoms with E-state index in [-0.39, 0.29) is 11.3 Å². The summed E-state index contributed by atoms with van der Waals surface area (Å²) in [4.78, 5) is 22.8. The largest absolute Gasteiger partial charge is 0.368 e. The van der Waals surface area contributed by atoms with Crippen LogP contribution in [0, 0.1) is 6.92 Å². The van der Waals surface area contributed by atoms with Gasteiger partial charge in [-0.2, -0.15) is 5.10 Å². The monoisotopic (exact) mass is 487 g/mol. The van der Waals surface area contributed by atoms with E-state index in [1.54, 1.807) is 4.52 Å². The Labute approximate surface area is 211 Å². The van der Waals surface area contributed by atoms with Gasteiger partial charge in [-0.3, -0.25) is 4.79 Å². The number of halogens is 1. The van der Waals surface area contributed by atoms with Crippen LogP contribution >= 0.6 is 11.6 Å². The molecule has 0 spiro atoms. The first-order chi connectivity index (χ1) is 16.7. The third kappa shape index (κ3) is 4.76. The van der Waals surface area contributed by atoms with Crippen molar-refractivity contribution in [3.05, 3.63) is 82.6 Å². The average Bonchev–Trinajstić information content (AvgIpc) is 3.29. The van der Waals surface area contributed by atoms with E-state index in [9.17, 15) is 4.79 Å². The quantitative estimate of drug-likeness (QED) is 0.376. The Morgan fingerprint density at radius 2 is 1.66 bits per heavy atom. The fraction of sp³-hybridized carbons (Fsp3) is 0.321. The molecule has 1 aliphatic heterocycles. The lowest BCUT2D eigenvalue weighted by Gasteiger charge is -2.36. The molecule has 0 bridgehead atoms. The zero-order valence-electron chi connectivity index (χ0n) is 20.6. The first kappa shape index (κ1) is 23.4. The molecule has 6 nitrogen and oxygen atoms in total. The van der Waals surface area contributed by atoms with E-state index >= 15 is 0 Å². The van der Waals surface area contributed by atoms with Gasteiger partial charge in [0.1, 0.15) is 5.69 Å². The summed E-state index contributed by atoms with van der Waals surface area (Å²) in [6.07, 6.45) is 0. The van der Waals surface area contributed by atoms with Crippen LogP contribution in [0.3, 0.4) is 0 Å². The van der Waals surface area contributed by atoms with Crippen molar-refractivity contribution in [2.24, 2.45) is 0 Å². The normalized spacial score (nSPS) is 14.5. The number of carbonyl (C=O) groups is 1. The van der Waals surface area contributed by atoms with Crippen molar-refractivity contribution in [3.63, 3.8) is 0 Å². The molecule has 1 amide bonds. The van der Waals surface area contributed by atoms with Crippen molar-refractivity contribution < 1.29 is 4.79 Å². The zero-order valence-corrected chi connectivity index (χ0v) is 21.4. The van der Waals surface area contributed by atoms with Crippen molar-refractivity contribution in [1.82, 2.24) is 19.5 Å². The van der Waals surface area contributed by atoms with Gasteiger partial charge in [0.15, 0.2) is 5.65 Å². The Kier molecular flexibility index (Phi) is 6.01. The maximum absolute atomic E-state index is 13.8. The number of carbonyl (C=O) groups excluding carboxylic acids is 1. The van der Waals surface area contributed by atoms with Gasteiger partial charge in [-0.15, -0.1) is 0 Å². The highest BCUT2D eigenvalue weighted by Gasteiger charge is 2.27. The van der Waals surface area contributed by atoms with Crippen LogP contribution < -0.4 is 4.90 Å². The van der Waals surface area contributed by atoms with Gasteiger partial charge in [0.2, 0.25) is 0 Å². The van der Waals surface area contributed by atoms with Crippen LogP contribution in [0.2, 0.25) is 5.02 Å². The first-order valence-corrected chi connectivity index (χ1v) is 12.3. The second kappa shape index (κ2) is 9.00. The molecule has 0 saturated carbocycles. The van der Waals surface area contributed by atoms with Gasteiger partial charge < -0.3 is 9.80 Å². The molecule has 1 saturated heterocycles. The van der Waals surface area contributed by atoms with Crippen LogP contribution in [0.4, 0.5) is 5.69 Å². The van der Waals surface area contributed by atoms with Crippen LogP contribution in [-0.4, -0.2) is 51.6 Å². The smallest absolute Gasteiger partial charge is 0.272 e. The summed E-state index contributed by atoms with van der Waals surface area (Å²) in [7, 11) is 0. The number of aryl methyl sites for hydroxylation is 1. The van der Waals surface area contributed by atoms with Crippen LogP contribution in [0.1, 0.15) is 42.5 Å². The lowest BCUT2D eigenvalue weighted by Crippen LogP contribution is -2.49. The molecule has 35 heavy (non-hydrogen) atoms. The maximum Gasteiger partial charge on any atom is 0.272 e. The Bertz CT molecular complexity index is 1380. The van der Waals surface area contributed by atoms with Gasteiger partial charge in [0.05, 0.1) is 11.4 Å². The van der Waals surface area contributed by atoms with Gasteiger partial charge in [0.25, 0.3) is 5.91 Å². The van der Waals surface area contributed by atoms with Crippen LogP contribution in [0.25, 0.3) is 16.9 Å². The van der Waals surface area contributed by atoms with Crippen molar-refractivity contribution in [1.29, 1.82) is 0 Å². The minimum atomic E-state index is -0.152. The molecule has 0 atom stereocenters. The fourth-order valence-electron chi connectivity index (χ4n) is 4.37. The highest BCUT2D eigenvalue weighted by atomic mass is 35.5. The van der Waals surface area contributed by atoms with E-state index in [1.165, 1.54) is 5.56 Å². The number of fused-ring (bicyclic) bond motifs is 1. The van der Waals surface area contributed by atoms with E-state index in [4.69, 9.17) is 21.7 Å². The Morgan fingerprint density at radius 1 is 0.943 bits per heavy atom. The van der Waals surface area contributed by atoms with E-state index < -0.39 is 0 Å². The van der Waals surface area contributed by atoms with Gasteiger partial charge in [-0.05, 0) is 31.2 Å². The van der Waals surface area contributed by atoms with E-state index in [0.29, 0.717) is 24.4 Å². The van der Waals surface area contributed by atoms with Crippen molar-refractivity contribution >= 4 is 28.8 Å². The Morgan fingerprint density at radius 3 is 2.31 bits per heavy atom. The third-order valence-corrected chi connectivity index (χ3v) is 6.74. The highest BCUT2D eigenvalue weighted by molar-refractivity contribution is 6.30. The lowest BCUT2D eigenvalue weighted by molar-refractivity contribution is 0.0737. The van der Waals surface area contributed by atoms with Crippen molar-refractivity contribution in [2.45, 2.75) is 33.1 Å². The standard InChI is InChI=1S/C28H30ClN5O/c1-19-8-10-20(11-9-19)23-17-24(34-26(30-23)18-25(31-34)28(2,3)4)27(35)33-14-12-32(13-15-33)22-7-5-6-21(29)16-22/h5-11,16-18H,12-15H2,1-4H3. The summed E-state index contributed by atoms with van der Waals surface area (Å²) >= 11 is 6.18. The maximum atomic E-state index is 13.8. The third-order valence-electron chi connectivity index (χ3n) is 6.50. The lowest BCUT2D eigenvalue weighted by atomic mass is 9.93. The zero-order chi connectivity index (χ0) is 24.7. The number of aromatic nitrogens is 3. The molecular weight excluding hydrogens is 458 g/mol. The molecule has 0 unspecified atom stereocenters. The molecule has 0 N–H and O–H groups in total. The number of nitrogens with zero attached hydrogens (tertiary/aromatic N) is 5. The van der Waals surface area contributed by atoms with E-state index in [2.05, 4.69) is 50.8 Å². The first-order valence-electron chi connectivity index (χ1n) is 12.0. The van der Waals surface area contributed by atoms with Crippen molar-refractivity contribution in [2.75, 3.05) is 31.1 Å².